The maximum atomic E-state index is 15.9. The lowest BCUT2D eigenvalue weighted by Crippen LogP contribution is -2.39. The fraction of sp³-hybridized carbons (Fsp3) is 0.355. The number of furan rings is 1. The zero-order valence-electron chi connectivity index (χ0n) is 24.2. The molecule has 42 heavy (non-hydrogen) atoms. The van der Waals surface area contributed by atoms with Gasteiger partial charge in [-0.2, -0.15) is 0 Å². The third kappa shape index (κ3) is 7.65. The van der Waals surface area contributed by atoms with Crippen LogP contribution in [0.3, 0.4) is 0 Å². The van der Waals surface area contributed by atoms with Gasteiger partial charge in [-0.05, 0) is 75.7 Å². The van der Waals surface area contributed by atoms with Gasteiger partial charge in [-0.1, -0.05) is 0 Å². The van der Waals surface area contributed by atoms with Crippen LogP contribution in [-0.4, -0.2) is 34.0 Å². The molecule has 0 saturated heterocycles. The van der Waals surface area contributed by atoms with Crippen LogP contribution in [0, 0.1) is 11.6 Å². The second-order valence-electron chi connectivity index (χ2n) is 10.6. The smallest absolute Gasteiger partial charge is 0.310 e. The van der Waals surface area contributed by atoms with Gasteiger partial charge in [0, 0.05) is 46.7 Å². The van der Waals surface area contributed by atoms with Gasteiger partial charge in [0.15, 0.2) is 5.82 Å². The second-order valence-corrected chi connectivity index (χ2v) is 12.6. The summed E-state index contributed by atoms with van der Waals surface area (Å²) in [6, 6.07) is 10.9. The predicted molar refractivity (Wildman–Crippen MR) is 156 cm³/mol. The Morgan fingerprint density at radius 2 is 1.88 bits per heavy atom. The SMILES string of the molecule is CCOC(=O)Cc1cc(F)ccc1OCc1cc(-c2ccnc(CN[S+]([O-])C(C)(C)C)c2F)c2oc(COC)cc2c1. The zero-order valence-corrected chi connectivity index (χ0v) is 25.0. The Balaban J connectivity index is 1.69. The fourth-order valence-electron chi connectivity index (χ4n) is 4.29. The molecular formula is C31H34F2N2O6S. The van der Waals surface area contributed by atoms with Gasteiger partial charge in [-0.25, -0.2) is 8.78 Å². The van der Waals surface area contributed by atoms with Gasteiger partial charge in [-0.15, -0.1) is 4.72 Å². The molecule has 0 amide bonds. The minimum Gasteiger partial charge on any atom is -0.598 e. The van der Waals surface area contributed by atoms with E-state index in [2.05, 4.69) is 9.71 Å². The summed E-state index contributed by atoms with van der Waals surface area (Å²) < 4.78 is 66.9. The largest absolute Gasteiger partial charge is 0.598 e. The van der Waals surface area contributed by atoms with Crippen LogP contribution in [0.2, 0.25) is 0 Å². The fourth-order valence-corrected chi connectivity index (χ4v) is 4.99. The van der Waals surface area contributed by atoms with Crippen molar-refractivity contribution < 1.29 is 36.8 Å². The van der Waals surface area contributed by atoms with E-state index in [1.54, 1.807) is 26.2 Å². The molecule has 0 fully saturated rings. The first kappa shape index (κ1) is 31.4. The predicted octanol–water partition coefficient (Wildman–Crippen LogP) is 6.16. The van der Waals surface area contributed by atoms with E-state index in [0.717, 1.165) is 0 Å². The van der Waals surface area contributed by atoms with Gasteiger partial charge in [-0.3, -0.25) is 9.78 Å². The second kappa shape index (κ2) is 13.6. The van der Waals surface area contributed by atoms with E-state index in [1.165, 1.54) is 24.4 Å². The molecule has 4 aromatic rings. The van der Waals surface area contributed by atoms with E-state index in [9.17, 15) is 13.7 Å². The van der Waals surface area contributed by atoms with Crippen molar-refractivity contribution in [1.82, 2.24) is 9.71 Å². The van der Waals surface area contributed by atoms with Crippen molar-refractivity contribution in [2.75, 3.05) is 13.7 Å². The van der Waals surface area contributed by atoms with E-state index in [1.807, 2.05) is 32.9 Å². The molecule has 4 rings (SSSR count). The van der Waals surface area contributed by atoms with Gasteiger partial charge in [0.2, 0.25) is 0 Å². The van der Waals surface area contributed by atoms with Gasteiger partial charge >= 0.3 is 5.97 Å². The van der Waals surface area contributed by atoms with Crippen molar-refractivity contribution in [2.45, 2.75) is 58.6 Å². The Morgan fingerprint density at radius 1 is 1.10 bits per heavy atom. The van der Waals surface area contributed by atoms with Crippen LogP contribution in [-0.2, 0) is 51.8 Å². The summed E-state index contributed by atoms with van der Waals surface area (Å²) in [5.74, 6) is -0.687. The number of nitrogens with zero attached hydrogens (tertiary/aromatic N) is 1. The number of pyridine rings is 1. The van der Waals surface area contributed by atoms with Crippen molar-refractivity contribution in [3.8, 4) is 16.9 Å². The van der Waals surface area contributed by atoms with Gasteiger partial charge in [0.25, 0.3) is 0 Å². The minimum atomic E-state index is -1.41. The monoisotopic (exact) mass is 600 g/mol. The Bertz CT molecular complexity index is 1550. The lowest BCUT2D eigenvalue weighted by atomic mass is 10.00. The first-order chi connectivity index (χ1) is 20.0. The molecule has 0 bridgehead atoms. The van der Waals surface area contributed by atoms with E-state index >= 15 is 4.39 Å². The van der Waals surface area contributed by atoms with Crippen molar-refractivity contribution in [2.24, 2.45) is 0 Å². The van der Waals surface area contributed by atoms with Crippen molar-refractivity contribution in [3.05, 3.63) is 82.9 Å². The number of aromatic nitrogens is 1. The lowest BCUT2D eigenvalue weighted by Gasteiger charge is -2.23. The lowest BCUT2D eigenvalue weighted by molar-refractivity contribution is -0.142. The molecule has 1 atom stereocenters. The minimum absolute atomic E-state index is 0.0314. The summed E-state index contributed by atoms with van der Waals surface area (Å²) in [6.45, 7) is 7.60. The van der Waals surface area contributed by atoms with Crippen molar-refractivity contribution in [1.29, 1.82) is 0 Å². The molecule has 0 saturated carbocycles. The quantitative estimate of drug-likeness (QED) is 0.152. The number of carbonyl (C=O) groups is 1. The number of ether oxygens (including phenoxy) is 3. The molecule has 11 heteroatoms. The van der Waals surface area contributed by atoms with E-state index in [0.29, 0.717) is 39.2 Å². The highest BCUT2D eigenvalue weighted by Gasteiger charge is 2.27. The summed E-state index contributed by atoms with van der Waals surface area (Å²) in [5.41, 5.74) is 2.32. The number of rotatable bonds is 12. The number of hydrogen-bond donors (Lipinski definition) is 1. The molecule has 0 aliphatic rings. The van der Waals surface area contributed by atoms with Crippen LogP contribution in [0.25, 0.3) is 22.1 Å². The van der Waals surface area contributed by atoms with Gasteiger partial charge in [0.1, 0.15) is 40.9 Å². The molecule has 0 aliphatic carbocycles. The molecule has 1 unspecified atom stereocenters. The number of fused-ring (bicyclic) bond motifs is 1. The maximum Gasteiger partial charge on any atom is 0.310 e. The standard InChI is InChI=1S/C31H34F2N2O6S/c1-6-39-28(36)15-20-13-22(32)7-8-27(20)40-17-19-11-21-14-23(18-38-5)41-30(21)25(12-19)24-9-10-34-26(29(24)33)16-35-42(37)31(2,3)4/h7-14,35H,6,15-18H2,1-5H3. The topological polar surface area (TPSA) is 106 Å². The van der Waals surface area contributed by atoms with Crippen LogP contribution < -0.4 is 9.46 Å². The zero-order chi connectivity index (χ0) is 30.4. The van der Waals surface area contributed by atoms with Crippen molar-refractivity contribution >= 4 is 28.3 Å². The summed E-state index contributed by atoms with van der Waals surface area (Å²) in [4.78, 5) is 16.2. The Kier molecular flexibility index (Phi) is 10.2. The molecule has 0 radical (unpaired) electrons. The summed E-state index contributed by atoms with van der Waals surface area (Å²) in [6.07, 6.45) is 1.34. The molecule has 1 N–H and O–H groups in total. The normalized spacial score (nSPS) is 12.5. The summed E-state index contributed by atoms with van der Waals surface area (Å²) in [5, 5.41) is 0.703. The molecule has 8 nitrogen and oxygen atoms in total. The Hall–Kier alpha value is -3.51. The van der Waals surface area contributed by atoms with Crippen LogP contribution in [0.15, 0.2) is 53.1 Å². The van der Waals surface area contributed by atoms with Crippen LogP contribution in [0.5, 0.6) is 5.75 Å². The van der Waals surface area contributed by atoms with E-state index < -0.39 is 33.7 Å². The molecule has 2 aromatic heterocycles. The molecule has 2 aromatic carbocycles. The summed E-state index contributed by atoms with van der Waals surface area (Å²) in [7, 11) is 1.55. The number of hydrogen-bond acceptors (Lipinski definition) is 8. The van der Waals surface area contributed by atoms with E-state index in [-0.39, 0.29) is 44.0 Å². The number of carbonyl (C=O) groups excluding carboxylic acids is 1. The number of benzene rings is 2. The number of methoxy groups -OCH3 is 1. The molecule has 224 valence electrons. The highest BCUT2D eigenvalue weighted by atomic mass is 32.2. The van der Waals surface area contributed by atoms with E-state index in [4.69, 9.17) is 18.6 Å². The third-order valence-corrected chi connectivity index (χ3v) is 7.77. The Morgan fingerprint density at radius 3 is 2.60 bits per heavy atom. The van der Waals surface area contributed by atoms with Crippen molar-refractivity contribution in [3.63, 3.8) is 0 Å². The van der Waals surface area contributed by atoms with Crippen LogP contribution in [0.4, 0.5) is 8.78 Å². The number of esters is 1. The average molecular weight is 601 g/mol. The summed E-state index contributed by atoms with van der Waals surface area (Å²) >= 11 is -1.41. The molecule has 0 aliphatic heterocycles. The number of nitrogens with one attached hydrogen (secondary N) is 1. The molecule has 2 heterocycles. The average Bonchev–Trinajstić information content (AvgIpc) is 3.34. The highest BCUT2D eigenvalue weighted by Crippen LogP contribution is 2.35. The highest BCUT2D eigenvalue weighted by molar-refractivity contribution is 7.90. The molecular weight excluding hydrogens is 566 g/mol. The van der Waals surface area contributed by atoms with Gasteiger partial charge in [0.05, 0.1) is 25.3 Å². The number of halogens is 2. The van der Waals surface area contributed by atoms with Crippen LogP contribution in [0.1, 0.15) is 50.3 Å². The third-order valence-electron chi connectivity index (χ3n) is 6.25. The first-order valence-corrected chi connectivity index (χ1v) is 14.5. The molecule has 0 spiro atoms. The Labute approximate surface area is 246 Å². The maximum absolute atomic E-state index is 15.9. The van der Waals surface area contributed by atoms with Crippen LogP contribution >= 0.6 is 0 Å². The van der Waals surface area contributed by atoms with Gasteiger partial charge < -0.3 is 23.2 Å². The first-order valence-electron chi connectivity index (χ1n) is 13.4.